The molecule has 2 rings (SSSR count). The predicted octanol–water partition coefficient (Wildman–Crippen LogP) is 3.03. The summed E-state index contributed by atoms with van der Waals surface area (Å²) in [5.41, 5.74) is 1.75. The quantitative estimate of drug-likeness (QED) is 0.778. The molecule has 72 valence electrons. The summed E-state index contributed by atoms with van der Waals surface area (Å²) in [6, 6.07) is 2.20. The normalized spacial score (nSPS) is 17.7. The standard InChI is InChI=1S/C11H17NS/c1-11(2,10-3-4-10)12-7-9-5-6-13-8-9/h5-6,8,10,12H,3-4,7H2,1-2H3. The van der Waals surface area contributed by atoms with Crippen LogP contribution >= 0.6 is 11.3 Å². The van der Waals surface area contributed by atoms with E-state index in [2.05, 4.69) is 36.0 Å². The zero-order valence-electron chi connectivity index (χ0n) is 8.34. The highest BCUT2D eigenvalue weighted by atomic mass is 32.1. The van der Waals surface area contributed by atoms with E-state index >= 15 is 0 Å². The Bertz CT molecular complexity index is 260. The fraction of sp³-hybridized carbons (Fsp3) is 0.636. The van der Waals surface area contributed by atoms with Gasteiger partial charge in [0.2, 0.25) is 0 Å². The van der Waals surface area contributed by atoms with Crippen molar-refractivity contribution in [3.8, 4) is 0 Å². The van der Waals surface area contributed by atoms with E-state index in [0.717, 1.165) is 12.5 Å². The highest BCUT2D eigenvalue weighted by Gasteiger charge is 2.36. The van der Waals surface area contributed by atoms with Crippen LogP contribution in [0.15, 0.2) is 16.8 Å². The summed E-state index contributed by atoms with van der Waals surface area (Å²) in [4.78, 5) is 0. The van der Waals surface area contributed by atoms with Crippen molar-refractivity contribution in [2.45, 2.75) is 38.8 Å². The Morgan fingerprint density at radius 1 is 1.54 bits per heavy atom. The van der Waals surface area contributed by atoms with Crippen molar-refractivity contribution in [1.82, 2.24) is 5.32 Å². The van der Waals surface area contributed by atoms with Crippen molar-refractivity contribution in [2.75, 3.05) is 0 Å². The lowest BCUT2D eigenvalue weighted by molar-refractivity contribution is 0.339. The molecule has 0 spiro atoms. The van der Waals surface area contributed by atoms with Crippen LogP contribution in [0.25, 0.3) is 0 Å². The Morgan fingerprint density at radius 2 is 2.31 bits per heavy atom. The van der Waals surface area contributed by atoms with Crippen LogP contribution in [-0.2, 0) is 6.54 Å². The molecule has 0 bridgehead atoms. The number of thiophene rings is 1. The molecule has 13 heavy (non-hydrogen) atoms. The van der Waals surface area contributed by atoms with Gasteiger partial charge in [-0.2, -0.15) is 11.3 Å². The third kappa shape index (κ3) is 2.32. The van der Waals surface area contributed by atoms with Gasteiger partial charge >= 0.3 is 0 Å². The monoisotopic (exact) mass is 195 g/mol. The van der Waals surface area contributed by atoms with Gasteiger partial charge in [-0.25, -0.2) is 0 Å². The van der Waals surface area contributed by atoms with Gasteiger partial charge in [0.25, 0.3) is 0 Å². The Labute approximate surface area is 84.2 Å². The topological polar surface area (TPSA) is 12.0 Å². The van der Waals surface area contributed by atoms with E-state index in [1.165, 1.54) is 18.4 Å². The molecule has 1 fully saturated rings. The molecule has 1 saturated carbocycles. The van der Waals surface area contributed by atoms with Crippen molar-refractivity contribution in [3.05, 3.63) is 22.4 Å². The van der Waals surface area contributed by atoms with Gasteiger partial charge in [0, 0.05) is 12.1 Å². The van der Waals surface area contributed by atoms with Crippen LogP contribution < -0.4 is 5.32 Å². The average Bonchev–Trinajstić information content (AvgIpc) is 2.82. The first kappa shape index (κ1) is 9.22. The van der Waals surface area contributed by atoms with Gasteiger partial charge in [0.1, 0.15) is 0 Å². The minimum atomic E-state index is 0.335. The third-order valence-corrected chi connectivity index (χ3v) is 3.66. The molecule has 1 aromatic heterocycles. The highest BCUT2D eigenvalue weighted by molar-refractivity contribution is 7.07. The molecule has 0 aliphatic heterocycles. The summed E-state index contributed by atoms with van der Waals surface area (Å²) in [5.74, 6) is 0.908. The maximum Gasteiger partial charge on any atom is 0.0218 e. The number of rotatable bonds is 4. The Morgan fingerprint density at radius 3 is 2.85 bits per heavy atom. The number of hydrogen-bond acceptors (Lipinski definition) is 2. The third-order valence-electron chi connectivity index (χ3n) is 2.93. The van der Waals surface area contributed by atoms with Crippen molar-refractivity contribution in [2.24, 2.45) is 5.92 Å². The molecule has 2 heteroatoms. The van der Waals surface area contributed by atoms with Crippen LogP contribution in [-0.4, -0.2) is 5.54 Å². The van der Waals surface area contributed by atoms with Crippen LogP contribution in [0.4, 0.5) is 0 Å². The lowest BCUT2D eigenvalue weighted by Gasteiger charge is -2.26. The maximum atomic E-state index is 3.63. The number of hydrogen-bond donors (Lipinski definition) is 1. The molecule has 0 aromatic carbocycles. The van der Waals surface area contributed by atoms with Crippen LogP contribution in [0.2, 0.25) is 0 Å². The van der Waals surface area contributed by atoms with Gasteiger partial charge in [-0.05, 0) is 55.0 Å². The molecule has 1 heterocycles. The Kier molecular flexibility index (Phi) is 2.43. The molecule has 0 saturated heterocycles. The number of nitrogens with one attached hydrogen (secondary N) is 1. The van der Waals surface area contributed by atoms with Crippen LogP contribution in [0.1, 0.15) is 32.3 Å². The summed E-state index contributed by atoms with van der Waals surface area (Å²) in [7, 11) is 0. The van der Waals surface area contributed by atoms with E-state index in [4.69, 9.17) is 0 Å². The minimum absolute atomic E-state index is 0.335. The molecule has 0 unspecified atom stereocenters. The van der Waals surface area contributed by atoms with Crippen LogP contribution in [0.5, 0.6) is 0 Å². The van der Waals surface area contributed by atoms with Gasteiger partial charge < -0.3 is 5.32 Å². The van der Waals surface area contributed by atoms with E-state index in [1.807, 2.05) is 0 Å². The van der Waals surface area contributed by atoms with E-state index in [0.29, 0.717) is 5.54 Å². The Hall–Kier alpha value is -0.340. The smallest absolute Gasteiger partial charge is 0.0218 e. The van der Waals surface area contributed by atoms with Crippen molar-refractivity contribution in [3.63, 3.8) is 0 Å². The fourth-order valence-corrected chi connectivity index (χ4v) is 2.34. The van der Waals surface area contributed by atoms with Crippen molar-refractivity contribution < 1.29 is 0 Å². The second-order valence-corrected chi connectivity index (χ2v) is 5.26. The zero-order valence-corrected chi connectivity index (χ0v) is 9.16. The molecule has 1 aliphatic carbocycles. The highest BCUT2D eigenvalue weighted by Crippen LogP contribution is 2.39. The summed E-state index contributed by atoms with van der Waals surface area (Å²) >= 11 is 1.77. The second-order valence-electron chi connectivity index (χ2n) is 4.48. The van der Waals surface area contributed by atoms with E-state index in [-0.39, 0.29) is 0 Å². The molecule has 0 atom stereocenters. The molecule has 1 nitrogen and oxygen atoms in total. The summed E-state index contributed by atoms with van der Waals surface area (Å²) in [5, 5.41) is 7.99. The molecular formula is C11H17NS. The SMILES string of the molecule is CC(C)(NCc1ccsc1)C1CC1. The summed E-state index contributed by atoms with van der Waals surface area (Å²) in [6.45, 7) is 5.65. The first-order valence-electron chi connectivity index (χ1n) is 4.94. The molecule has 0 radical (unpaired) electrons. The molecule has 1 aromatic rings. The maximum absolute atomic E-state index is 3.63. The first-order chi connectivity index (χ1) is 6.18. The second kappa shape index (κ2) is 3.43. The molecule has 1 aliphatic rings. The van der Waals surface area contributed by atoms with Crippen molar-refractivity contribution >= 4 is 11.3 Å². The van der Waals surface area contributed by atoms with Gasteiger partial charge in [-0.3, -0.25) is 0 Å². The molecule has 0 amide bonds. The molecule has 1 N–H and O–H groups in total. The van der Waals surface area contributed by atoms with Gasteiger partial charge in [0.05, 0.1) is 0 Å². The average molecular weight is 195 g/mol. The minimum Gasteiger partial charge on any atom is -0.307 e. The van der Waals surface area contributed by atoms with Crippen LogP contribution in [0, 0.1) is 5.92 Å². The summed E-state index contributed by atoms with van der Waals surface area (Å²) in [6.07, 6.45) is 2.81. The zero-order chi connectivity index (χ0) is 9.31. The van der Waals surface area contributed by atoms with Gasteiger partial charge in [0.15, 0.2) is 0 Å². The summed E-state index contributed by atoms with van der Waals surface area (Å²) < 4.78 is 0. The fourth-order valence-electron chi connectivity index (χ4n) is 1.67. The predicted molar refractivity (Wildman–Crippen MR) is 58.0 cm³/mol. The van der Waals surface area contributed by atoms with Gasteiger partial charge in [-0.1, -0.05) is 0 Å². The largest absolute Gasteiger partial charge is 0.307 e. The van der Waals surface area contributed by atoms with Crippen LogP contribution in [0.3, 0.4) is 0 Å². The van der Waals surface area contributed by atoms with E-state index in [9.17, 15) is 0 Å². The molecular weight excluding hydrogens is 178 g/mol. The Balaban J connectivity index is 1.84. The van der Waals surface area contributed by atoms with E-state index in [1.54, 1.807) is 11.3 Å². The van der Waals surface area contributed by atoms with Crippen molar-refractivity contribution in [1.29, 1.82) is 0 Å². The van der Waals surface area contributed by atoms with Gasteiger partial charge in [-0.15, -0.1) is 0 Å². The first-order valence-corrected chi connectivity index (χ1v) is 5.89. The lowest BCUT2D eigenvalue weighted by atomic mass is 9.98. The lowest BCUT2D eigenvalue weighted by Crippen LogP contribution is -2.40. The van der Waals surface area contributed by atoms with E-state index < -0.39 is 0 Å².